The van der Waals surface area contributed by atoms with Crippen molar-refractivity contribution in [1.29, 1.82) is 0 Å². The predicted octanol–water partition coefficient (Wildman–Crippen LogP) is 0.513. The first-order valence-corrected chi connectivity index (χ1v) is 6.69. The van der Waals surface area contributed by atoms with Gasteiger partial charge in [-0.05, 0) is 37.6 Å². The fourth-order valence-corrected chi connectivity index (χ4v) is 1.83. The van der Waals surface area contributed by atoms with Gasteiger partial charge in [0.2, 0.25) is 5.91 Å². The Labute approximate surface area is 123 Å². The Bertz CT molecular complexity index is 505. The van der Waals surface area contributed by atoms with Gasteiger partial charge < -0.3 is 21.5 Å². The van der Waals surface area contributed by atoms with E-state index in [0.29, 0.717) is 24.4 Å². The average Bonchev–Trinajstić information content (AvgIpc) is 2.47. The maximum absolute atomic E-state index is 11.9. The normalized spacial score (nSPS) is 11.8. The average molecular weight is 293 g/mol. The first-order valence-electron chi connectivity index (χ1n) is 6.69. The molecule has 0 aliphatic carbocycles. The number of carbonyl (C=O) groups excluding carboxylic acids is 2. The molecule has 6 N–H and O–H groups in total. The molecule has 1 radical (unpaired) electrons. The van der Waals surface area contributed by atoms with Crippen LogP contribution in [0.15, 0.2) is 18.2 Å². The minimum atomic E-state index is -0.865. The molecule has 0 aromatic heterocycles. The number of nitrogens with two attached hydrogens (primary N) is 2. The number of ether oxygens (including phenoxy) is 1. The molecule has 0 aliphatic rings. The third-order valence-electron chi connectivity index (χ3n) is 3.00. The van der Waals surface area contributed by atoms with Crippen molar-refractivity contribution in [1.82, 2.24) is 5.73 Å². The number of rotatable bonds is 8. The molecule has 1 atom stereocenters. The molecule has 1 aromatic carbocycles. The van der Waals surface area contributed by atoms with Gasteiger partial charge in [-0.25, -0.2) is 5.73 Å². The van der Waals surface area contributed by atoms with Gasteiger partial charge in [-0.2, -0.15) is 0 Å². The zero-order valence-electron chi connectivity index (χ0n) is 12.0. The Morgan fingerprint density at radius 3 is 2.67 bits per heavy atom. The van der Waals surface area contributed by atoms with Gasteiger partial charge in [0.15, 0.2) is 0 Å². The Kier molecular flexibility index (Phi) is 6.64. The first-order chi connectivity index (χ1) is 9.99. The largest absolute Gasteiger partial charge is 0.496 e. The standard InChI is InChI=1S/C14H21N4O3/c1-21-12-6-5-9(8-10(12)13(17)19)18-14(20)11(16)4-2-3-7-15/h5-6,8,11,16H,2-4,7,15H2,1H3,(H2,17,19)(H,18,20)/t11-/m0/s1. The van der Waals surface area contributed by atoms with Crippen LogP contribution in [-0.4, -0.2) is 31.5 Å². The molecule has 1 aromatic rings. The first kappa shape index (κ1) is 16.9. The van der Waals surface area contributed by atoms with Gasteiger partial charge >= 0.3 is 0 Å². The van der Waals surface area contributed by atoms with E-state index < -0.39 is 17.9 Å². The molecule has 7 nitrogen and oxygen atoms in total. The van der Waals surface area contributed by atoms with Crippen LogP contribution in [0, 0.1) is 0 Å². The van der Waals surface area contributed by atoms with Crippen LogP contribution in [0.25, 0.3) is 0 Å². The maximum atomic E-state index is 11.9. The fourth-order valence-electron chi connectivity index (χ4n) is 1.83. The predicted molar refractivity (Wildman–Crippen MR) is 79.9 cm³/mol. The number of primary amides is 1. The number of methoxy groups -OCH3 is 1. The van der Waals surface area contributed by atoms with E-state index in [2.05, 4.69) is 5.32 Å². The van der Waals surface area contributed by atoms with Crippen LogP contribution in [0.4, 0.5) is 5.69 Å². The molecule has 0 saturated heterocycles. The molecule has 7 heteroatoms. The van der Waals surface area contributed by atoms with Crippen LogP contribution < -0.4 is 27.3 Å². The highest BCUT2D eigenvalue weighted by atomic mass is 16.5. The molecule has 1 rings (SSSR count). The number of anilines is 1. The highest BCUT2D eigenvalue weighted by molar-refractivity contribution is 5.99. The summed E-state index contributed by atoms with van der Waals surface area (Å²) in [6.45, 7) is 0.550. The zero-order chi connectivity index (χ0) is 15.8. The van der Waals surface area contributed by atoms with Crippen molar-refractivity contribution in [2.24, 2.45) is 11.5 Å². The van der Waals surface area contributed by atoms with E-state index in [9.17, 15) is 9.59 Å². The van der Waals surface area contributed by atoms with E-state index in [1.54, 1.807) is 12.1 Å². The Balaban J connectivity index is 2.72. The zero-order valence-corrected chi connectivity index (χ0v) is 12.0. The lowest BCUT2D eigenvalue weighted by atomic mass is 10.1. The number of amides is 2. The molecule has 0 aliphatic heterocycles. The number of nitrogens with one attached hydrogen (secondary N) is 2. The molecule has 0 bridgehead atoms. The van der Waals surface area contributed by atoms with E-state index in [0.717, 1.165) is 12.8 Å². The monoisotopic (exact) mass is 293 g/mol. The van der Waals surface area contributed by atoms with Gasteiger partial charge in [0.25, 0.3) is 5.91 Å². The summed E-state index contributed by atoms with van der Waals surface area (Å²) < 4.78 is 5.02. The van der Waals surface area contributed by atoms with Crippen molar-refractivity contribution >= 4 is 17.5 Å². The van der Waals surface area contributed by atoms with Gasteiger partial charge in [0.1, 0.15) is 11.8 Å². The molecule has 0 spiro atoms. The van der Waals surface area contributed by atoms with Crippen LogP contribution >= 0.6 is 0 Å². The highest BCUT2D eigenvalue weighted by Gasteiger charge is 2.16. The minimum Gasteiger partial charge on any atom is -0.496 e. The van der Waals surface area contributed by atoms with Crippen LogP contribution in [0.5, 0.6) is 5.75 Å². The Morgan fingerprint density at radius 2 is 2.10 bits per heavy atom. The lowest BCUT2D eigenvalue weighted by molar-refractivity contribution is -0.117. The van der Waals surface area contributed by atoms with E-state index in [4.69, 9.17) is 21.9 Å². The van der Waals surface area contributed by atoms with Crippen molar-refractivity contribution in [3.8, 4) is 5.75 Å². The van der Waals surface area contributed by atoms with Crippen molar-refractivity contribution in [3.05, 3.63) is 23.8 Å². The lowest BCUT2D eigenvalue weighted by Gasteiger charge is -2.13. The lowest BCUT2D eigenvalue weighted by Crippen LogP contribution is -2.29. The van der Waals surface area contributed by atoms with Gasteiger partial charge in [-0.1, -0.05) is 6.42 Å². The number of benzene rings is 1. The molecular formula is C14H21N4O3. The summed E-state index contributed by atoms with van der Waals surface area (Å²) in [5.41, 5.74) is 19.0. The third kappa shape index (κ3) is 5.05. The van der Waals surface area contributed by atoms with Crippen LogP contribution in [0.3, 0.4) is 0 Å². The Hall–Kier alpha value is -2.12. The highest BCUT2D eigenvalue weighted by Crippen LogP contribution is 2.22. The van der Waals surface area contributed by atoms with E-state index in [1.165, 1.54) is 13.2 Å². The van der Waals surface area contributed by atoms with Crippen LogP contribution in [-0.2, 0) is 4.79 Å². The second-order valence-corrected chi connectivity index (χ2v) is 4.61. The van der Waals surface area contributed by atoms with E-state index in [-0.39, 0.29) is 5.56 Å². The third-order valence-corrected chi connectivity index (χ3v) is 3.00. The summed E-state index contributed by atoms with van der Waals surface area (Å²) in [6.07, 6.45) is 1.96. The van der Waals surface area contributed by atoms with Gasteiger partial charge in [0.05, 0.1) is 12.7 Å². The molecule has 0 unspecified atom stereocenters. The van der Waals surface area contributed by atoms with Crippen LogP contribution in [0.1, 0.15) is 29.6 Å². The molecule has 21 heavy (non-hydrogen) atoms. The fraction of sp³-hybridized carbons (Fsp3) is 0.429. The van der Waals surface area contributed by atoms with Gasteiger partial charge in [-0.15, -0.1) is 0 Å². The smallest absolute Gasteiger partial charge is 0.252 e. The SMILES string of the molecule is COc1ccc(NC(=O)[C@@H]([NH])CCCCN)cc1C(N)=O. The molecule has 0 fully saturated rings. The van der Waals surface area contributed by atoms with Crippen molar-refractivity contribution < 1.29 is 14.3 Å². The topological polar surface area (TPSA) is 131 Å². The number of unbranched alkanes of at least 4 members (excludes halogenated alkanes) is 1. The summed E-state index contributed by atoms with van der Waals surface area (Å²) in [5, 5.41) is 2.59. The quantitative estimate of drug-likeness (QED) is 0.602. The summed E-state index contributed by atoms with van der Waals surface area (Å²) >= 11 is 0. The molecule has 2 amide bonds. The second kappa shape index (κ2) is 8.23. The number of hydrogen-bond donors (Lipinski definition) is 3. The van der Waals surface area contributed by atoms with Crippen molar-refractivity contribution in [2.45, 2.75) is 25.3 Å². The maximum Gasteiger partial charge on any atom is 0.252 e. The van der Waals surface area contributed by atoms with Crippen molar-refractivity contribution in [3.63, 3.8) is 0 Å². The molecular weight excluding hydrogens is 272 g/mol. The molecule has 0 heterocycles. The number of carbonyl (C=O) groups is 2. The molecule has 0 saturated carbocycles. The van der Waals surface area contributed by atoms with E-state index >= 15 is 0 Å². The van der Waals surface area contributed by atoms with Crippen LogP contribution in [0.2, 0.25) is 0 Å². The molecule has 115 valence electrons. The Morgan fingerprint density at radius 1 is 1.38 bits per heavy atom. The number of hydrogen-bond acceptors (Lipinski definition) is 4. The van der Waals surface area contributed by atoms with Crippen molar-refractivity contribution in [2.75, 3.05) is 19.0 Å². The summed E-state index contributed by atoms with van der Waals surface area (Å²) in [7, 11) is 1.43. The summed E-state index contributed by atoms with van der Waals surface area (Å²) in [5.74, 6) is -0.730. The van der Waals surface area contributed by atoms with E-state index in [1.807, 2.05) is 0 Å². The van der Waals surface area contributed by atoms with Gasteiger partial charge in [-0.3, -0.25) is 9.59 Å². The minimum absolute atomic E-state index is 0.181. The van der Waals surface area contributed by atoms with Gasteiger partial charge in [0, 0.05) is 5.69 Å². The summed E-state index contributed by atoms with van der Waals surface area (Å²) in [6, 6.07) is 3.71. The second-order valence-electron chi connectivity index (χ2n) is 4.61. The summed E-state index contributed by atoms with van der Waals surface area (Å²) in [4.78, 5) is 23.2.